The van der Waals surface area contributed by atoms with E-state index in [1.165, 1.54) is 17.4 Å². The van der Waals surface area contributed by atoms with Crippen LogP contribution in [0.5, 0.6) is 0 Å². The third-order valence-electron chi connectivity index (χ3n) is 2.13. The quantitative estimate of drug-likeness (QED) is 0.810. The molecule has 0 aliphatic rings. The molecule has 0 aliphatic carbocycles. The Kier molecular flexibility index (Phi) is 4.90. The van der Waals surface area contributed by atoms with Crippen molar-refractivity contribution in [1.29, 1.82) is 0 Å². The monoisotopic (exact) mass is 253 g/mol. The fraction of sp³-hybridized carbons (Fsp3) is 0.462. The Bertz CT molecular complexity index is 377. The van der Waals surface area contributed by atoms with Crippen molar-refractivity contribution in [2.24, 2.45) is 5.41 Å². The summed E-state index contributed by atoms with van der Waals surface area (Å²) in [6, 6.07) is 1.85. The van der Waals surface area contributed by atoms with Gasteiger partial charge in [-0.15, -0.1) is 0 Å². The average Bonchev–Trinajstić information content (AvgIpc) is 2.75. The van der Waals surface area contributed by atoms with Crippen LogP contribution in [0.4, 0.5) is 0 Å². The van der Waals surface area contributed by atoms with Crippen LogP contribution >= 0.6 is 11.3 Å². The number of carbonyl (C=O) groups is 1. The molecule has 1 heterocycles. The first-order chi connectivity index (χ1) is 7.88. The third kappa shape index (κ3) is 5.65. The van der Waals surface area contributed by atoms with Gasteiger partial charge >= 0.3 is 0 Å². The Hall–Kier alpha value is -1.13. The lowest BCUT2D eigenvalue weighted by molar-refractivity contribution is -0.117. The number of allylic oxidation sites excluding steroid dienone is 1. The second-order valence-electron chi connectivity index (χ2n) is 5.02. The van der Waals surface area contributed by atoms with Crippen LogP contribution in [0.15, 0.2) is 29.0 Å². The van der Waals surface area contributed by atoms with Crippen molar-refractivity contribution < 1.29 is 9.90 Å². The minimum atomic E-state index is -0.631. The van der Waals surface area contributed by atoms with Gasteiger partial charge in [0.25, 0.3) is 0 Å². The van der Waals surface area contributed by atoms with Gasteiger partial charge < -0.3 is 10.4 Å². The molecule has 2 N–H and O–H groups in total. The van der Waals surface area contributed by atoms with E-state index in [0.717, 1.165) is 5.56 Å². The summed E-state index contributed by atoms with van der Waals surface area (Å²) in [7, 11) is 0. The smallest absolute Gasteiger partial charge is 0.243 e. The van der Waals surface area contributed by atoms with Crippen LogP contribution in [0.1, 0.15) is 32.4 Å². The summed E-state index contributed by atoms with van der Waals surface area (Å²) in [5.74, 6) is -0.172. The maximum Gasteiger partial charge on any atom is 0.243 e. The Balaban J connectivity index is 2.36. The van der Waals surface area contributed by atoms with Crippen LogP contribution in [0.25, 0.3) is 0 Å². The summed E-state index contributed by atoms with van der Waals surface area (Å²) in [6.07, 6.45) is 2.73. The van der Waals surface area contributed by atoms with E-state index in [1.54, 1.807) is 0 Å². The largest absolute Gasteiger partial charge is 0.387 e. The van der Waals surface area contributed by atoms with E-state index >= 15 is 0 Å². The second-order valence-corrected chi connectivity index (χ2v) is 5.80. The maximum absolute atomic E-state index is 11.5. The van der Waals surface area contributed by atoms with Gasteiger partial charge in [-0.3, -0.25) is 4.79 Å². The van der Waals surface area contributed by atoms with Crippen molar-refractivity contribution >= 4 is 17.2 Å². The number of carbonyl (C=O) groups excluding carboxylic acids is 1. The molecule has 0 bridgehead atoms. The van der Waals surface area contributed by atoms with Crippen LogP contribution in [0.2, 0.25) is 0 Å². The number of aliphatic hydroxyl groups is 1. The van der Waals surface area contributed by atoms with Crippen molar-refractivity contribution in [1.82, 2.24) is 5.32 Å². The van der Waals surface area contributed by atoms with Gasteiger partial charge in [-0.2, -0.15) is 11.3 Å². The van der Waals surface area contributed by atoms with Crippen molar-refractivity contribution in [2.75, 3.05) is 6.54 Å². The van der Waals surface area contributed by atoms with Gasteiger partial charge in [0.15, 0.2) is 0 Å². The van der Waals surface area contributed by atoms with Gasteiger partial charge in [0.1, 0.15) is 0 Å². The summed E-state index contributed by atoms with van der Waals surface area (Å²) < 4.78 is 0. The lowest BCUT2D eigenvalue weighted by atomic mass is 9.96. The Labute approximate surface area is 106 Å². The first-order valence-electron chi connectivity index (χ1n) is 5.56. The molecule has 17 heavy (non-hydrogen) atoms. The molecule has 1 aromatic rings. The van der Waals surface area contributed by atoms with Crippen molar-refractivity contribution in [3.05, 3.63) is 34.5 Å². The molecule has 3 nitrogen and oxygen atoms in total. The molecule has 94 valence electrons. The van der Waals surface area contributed by atoms with E-state index in [1.807, 2.05) is 43.7 Å². The van der Waals surface area contributed by atoms with Gasteiger partial charge in [-0.1, -0.05) is 26.8 Å². The number of aliphatic hydroxyl groups excluding tert-OH is 1. The molecule has 0 saturated heterocycles. The van der Waals surface area contributed by atoms with Crippen LogP contribution in [-0.4, -0.2) is 17.6 Å². The lowest BCUT2D eigenvalue weighted by Gasteiger charge is -2.12. The number of nitrogens with one attached hydrogen (secondary N) is 1. The van der Waals surface area contributed by atoms with Gasteiger partial charge in [-0.25, -0.2) is 0 Å². The summed E-state index contributed by atoms with van der Waals surface area (Å²) in [6.45, 7) is 6.31. The molecule has 0 radical (unpaired) electrons. The highest BCUT2D eigenvalue weighted by molar-refractivity contribution is 7.07. The molecule has 1 aromatic heterocycles. The number of thiophene rings is 1. The van der Waals surface area contributed by atoms with E-state index in [4.69, 9.17) is 0 Å². The molecule has 1 amide bonds. The average molecular weight is 253 g/mol. The Morgan fingerprint density at radius 2 is 2.29 bits per heavy atom. The first-order valence-corrected chi connectivity index (χ1v) is 6.50. The summed E-state index contributed by atoms with van der Waals surface area (Å²) >= 11 is 1.53. The van der Waals surface area contributed by atoms with E-state index in [9.17, 15) is 9.90 Å². The van der Waals surface area contributed by atoms with Crippen LogP contribution in [0.3, 0.4) is 0 Å². The lowest BCUT2D eigenvalue weighted by Crippen LogP contribution is -2.26. The normalized spacial score (nSPS) is 13.9. The third-order valence-corrected chi connectivity index (χ3v) is 2.83. The second kappa shape index (κ2) is 5.98. The van der Waals surface area contributed by atoms with E-state index in [0.29, 0.717) is 0 Å². The van der Waals surface area contributed by atoms with Crippen molar-refractivity contribution in [3.63, 3.8) is 0 Å². The molecule has 0 spiro atoms. The van der Waals surface area contributed by atoms with Crippen molar-refractivity contribution in [2.45, 2.75) is 26.9 Å². The fourth-order valence-electron chi connectivity index (χ4n) is 1.16. The molecular formula is C13H19NO2S. The molecule has 4 heteroatoms. The van der Waals surface area contributed by atoms with Gasteiger partial charge in [0.05, 0.1) is 6.10 Å². The number of hydrogen-bond acceptors (Lipinski definition) is 3. The molecule has 0 saturated carbocycles. The molecule has 0 aliphatic heterocycles. The van der Waals surface area contributed by atoms with Gasteiger partial charge in [0.2, 0.25) is 5.91 Å². The topological polar surface area (TPSA) is 49.3 Å². The standard InChI is InChI=1S/C13H19NO2S/c1-13(2,3)6-4-12(16)14-8-11(15)10-5-7-17-9-10/h4-7,9,11,15H,8H2,1-3H3,(H,14,16)/b6-4+. The summed E-state index contributed by atoms with van der Waals surface area (Å²) in [5, 5.41) is 16.2. The number of rotatable bonds is 4. The summed E-state index contributed by atoms with van der Waals surface area (Å²) in [4.78, 5) is 11.5. The predicted octanol–water partition coefficient (Wildman–Crippen LogP) is 2.50. The highest BCUT2D eigenvalue weighted by Gasteiger charge is 2.09. The molecule has 1 unspecified atom stereocenters. The predicted molar refractivity (Wildman–Crippen MR) is 70.9 cm³/mol. The minimum Gasteiger partial charge on any atom is -0.387 e. The zero-order chi connectivity index (χ0) is 12.9. The Morgan fingerprint density at radius 3 is 2.82 bits per heavy atom. The number of hydrogen-bond donors (Lipinski definition) is 2. The van der Waals surface area contributed by atoms with E-state index in [-0.39, 0.29) is 17.9 Å². The van der Waals surface area contributed by atoms with Crippen molar-refractivity contribution in [3.8, 4) is 0 Å². The SMILES string of the molecule is CC(C)(C)/C=C/C(=O)NCC(O)c1ccsc1. The summed E-state index contributed by atoms with van der Waals surface area (Å²) in [5.41, 5.74) is 0.832. The van der Waals surface area contributed by atoms with Gasteiger partial charge in [0, 0.05) is 6.54 Å². The van der Waals surface area contributed by atoms with Crippen LogP contribution in [-0.2, 0) is 4.79 Å². The Morgan fingerprint density at radius 1 is 1.59 bits per heavy atom. The fourth-order valence-corrected chi connectivity index (χ4v) is 1.87. The van der Waals surface area contributed by atoms with Crippen LogP contribution < -0.4 is 5.32 Å². The van der Waals surface area contributed by atoms with E-state index in [2.05, 4.69) is 5.32 Å². The first kappa shape index (κ1) is 13.9. The maximum atomic E-state index is 11.5. The minimum absolute atomic E-state index is 0.0106. The highest BCUT2D eigenvalue weighted by atomic mass is 32.1. The van der Waals surface area contributed by atoms with Gasteiger partial charge in [-0.05, 0) is 33.9 Å². The molecule has 0 aromatic carbocycles. The molecule has 1 atom stereocenters. The molecule has 1 rings (SSSR count). The molecule has 0 fully saturated rings. The van der Waals surface area contributed by atoms with Crippen LogP contribution in [0, 0.1) is 5.41 Å². The zero-order valence-electron chi connectivity index (χ0n) is 10.4. The highest BCUT2D eigenvalue weighted by Crippen LogP contribution is 2.15. The number of amides is 1. The van der Waals surface area contributed by atoms with E-state index < -0.39 is 6.10 Å². The molecular weight excluding hydrogens is 234 g/mol. The zero-order valence-corrected chi connectivity index (χ0v) is 11.3.